The van der Waals surface area contributed by atoms with Gasteiger partial charge in [-0.15, -0.1) is 0 Å². The van der Waals surface area contributed by atoms with Crippen molar-refractivity contribution in [3.05, 3.63) is 0 Å². The van der Waals surface area contributed by atoms with Gasteiger partial charge >= 0.3 is 7.60 Å². The van der Waals surface area contributed by atoms with E-state index in [2.05, 4.69) is 20.8 Å². The molecule has 17 heavy (non-hydrogen) atoms. The van der Waals surface area contributed by atoms with E-state index >= 15 is 0 Å². The van der Waals surface area contributed by atoms with Crippen LogP contribution in [0.1, 0.15) is 72.1 Å². The molecule has 0 saturated carbocycles. The van der Waals surface area contributed by atoms with Crippen LogP contribution < -0.4 is 0 Å². The third-order valence-electron chi connectivity index (χ3n) is 3.55. The van der Waals surface area contributed by atoms with Crippen molar-refractivity contribution in [3.63, 3.8) is 0 Å². The van der Waals surface area contributed by atoms with E-state index in [1.807, 2.05) is 0 Å². The molecule has 0 bridgehead atoms. The molecule has 0 amide bonds. The Hall–Kier alpha value is 0.150. The van der Waals surface area contributed by atoms with Crippen LogP contribution >= 0.6 is 7.60 Å². The van der Waals surface area contributed by atoms with Crippen molar-refractivity contribution in [2.45, 2.75) is 77.3 Å². The van der Waals surface area contributed by atoms with Crippen LogP contribution in [0.2, 0.25) is 0 Å². The zero-order chi connectivity index (χ0) is 13.4. The molecule has 0 radical (unpaired) electrons. The molecule has 0 aliphatic carbocycles. The highest BCUT2D eigenvalue weighted by molar-refractivity contribution is 7.54. The molecule has 1 unspecified atom stereocenters. The fourth-order valence-electron chi connectivity index (χ4n) is 2.47. The van der Waals surface area contributed by atoms with Gasteiger partial charge in [0, 0.05) is 7.11 Å². The number of rotatable bonds is 10. The minimum atomic E-state index is -3.49. The summed E-state index contributed by atoms with van der Waals surface area (Å²) in [5.74, 6) is 0. The Bertz CT molecular complexity index is 233. The van der Waals surface area contributed by atoms with E-state index in [4.69, 9.17) is 4.52 Å². The minimum absolute atomic E-state index is 0.511. The van der Waals surface area contributed by atoms with Crippen molar-refractivity contribution in [3.8, 4) is 0 Å². The maximum absolute atomic E-state index is 12.3. The minimum Gasteiger partial charge on any atom is -0.324 e. The van der Waals surface area contributed by atoms with E-state index < -0.39 is 12.8 Å². The second kappa shape index (κ2) is 8.29. The summed E-state index contributed by atoms with van der Waals surface area (Å²) >= 11 is 0. The van der Waals surface area contributed by atoms with Crippen molar-refractivity contribution in [2.24, 2.45) is 0 Å². The first-order chi connectivity index (χ1) is 7.99. The van der Waals surface area contributed by atoms with Crippen LogP contribution in [0.4, 0.5) is 0 Å². The summed E-state index contributed by atoms with van der Waals surface area (Å²) in [5.41, 5.74) is 0. The fraction of sp³-hybridized carbons (Fsp3) is 1.00. The van der Waals surface area contributed by atoms with Gasteiger partial charge in [0.2, 0.25) is 0 Å². The lowest BCUT2D eigenvalue weighted by Crippen LogP contribution is -2.29. The lowest BCUT2D eigenvalue weighted by atomic mass is 9.90. The lowest BCUT2D eigenvalue weighted by molar-refractivity contribution is 0.253. The van der Waals surface area contributed by atoms with Crippen molar-refractivity contribution in [1.82, 2.24) is 0 Å². The highest BCUT2D eigenvalue weighted by atomic mass is 31.2. The zero-order valence-corrected chi connectivity index (χ0v) is 12.8. The molecule has 0 aromatic heterocycles. The third-order valence-corrected chi connectivity index (χ3v) is 5.92. The van der Waals surface area contributed by atoms with Gasteiger partial charge in [-0.05, 0) is 19.3 Å². The molecule has 0 fully saturated rings. The van der Waals surface area contributed by atoms with Crippen LogP contribution in [-0.4, -0.2) is 17.2 Å². The van der Waals surface area contributed by atoms with E-state index in [1.54, 1.807) is 0 Å². The van der Waals surface area contributed by atoms with Crippen LogP contribution in [0.25, 0.3) is 0 Å². The first-order valence-electron chi connectivity index (χ1n) is 6.88. The second-order valence-electron chi connectivity index (χ2n) is 4.88. The predicted molar refractivity (Wildman–Crippen MR) is 73.5 cm³/mol. The molecule has 0 aromatic rings. The van der Waals surface area contributed by atoms with E-state index in [0.717, 1.165) is 51.4 Å². The molecule has 0 spiro atoms. The third kappa shape index (κ3) is 4.73. The molecule has 0 saturated heterocycles. The first-order valence-corrected chi connectivity index (χ1v) is 8.46. The summed E-state index contributed by atoms with van der Waals surface area (Å²) in [6, 6.07) is 0. The zero-order valence-electron chi connectivity index (χ0n) is 11.9. The summed E-state index contributed by atoms with van der Waals surface area (Å²) in [6.07, 6.45) is 7.44. The monoisotopic (exact) mass is 264 g/mol. The molecular formula is C13H29O3P. The Labute approximate surface area is 106 Å². The average Bonchev–Trinajstić information content (AvgIpc) is 2.32. The van der Waals surface area contributed by atoms with Gasteiger partial charge in [-0.3, -0.25) is 4.57 Å². The highest BCUT2D eigenvalue weighted by Gasteiger charge is 2.46. The van der Waals surface area contributed by atoms with Crippen molar-refractivity contribution in [2.75, 3.05) is 7.11 Å². The average molecular weight is 264 g/mol. The van der Waals surface area contributed by atoms with Gasteiger partial charge in [-0.25, -0.2) is 0 Å². The molecule has 0 aliphatic rings. The van der Waals surface area contributed by atoms with Gasteiger partial charge in [0.05, 0.1) is 5.16 Å². The SMILES string of the molecule is CCCCC(CCC)(CCCC)P(=O)(O)OC. The molecule has 0 rings (SSSR count). The fourth-order valence-corrected chi connectivity index (χ4v) is 4.24. The van der Waals surface area contributed by atoms with Gasteiger partial charge in [0.15, 0.2) is 0 Å². The summed E-state index contributed by atoms with van der Waals surface area (Å²) < 4.78 is 17.3. The normalized spacial score (nSPS) is 15.8. The molecule has 104 valence electrons. The van der Waals surface area contributed by atoms with Gasteiger partial charge in [0.25, 0.3) is 0 Å². The van der Waals surface area contributed by atoms with Crippen LogP contribution in [-0.2, 0) is 9.09 Å². The number of hydrogen-bond donors (Lipinski definition) is 1. The predicted octanol–water partition coefficient (Wildman–Crippen LogP) is 4.74. The summed E-state index contributed by atoms with van der Waals surface area (Å²) in [5, 5.41) is -0.511. The lowest BCUT2D eigenvalue weighted by Gasteiger charge is -2.36. The molecule has 3 nitrogen and oxygen atoms in total. The molecule has 0 aromatic carbocycles. The second-order valence-corrected chi connectivity index (χ2v) is 7.24. The Morgan fingerprint density at radius 3 is 1.76 bits per heavy atom. The molecule has 0 aliphatic heterocycles. The smallest absolute Gasteiger partial charge is 0.324 e. The van der Waals surface area contributed by atoms with Gasteiger partial charge in [-0.1, -0.05) is 52.9 Å². The topological polar surface area (TPSA) is 46.5 Å². The maximum atomic E-state index is 12.3. The van der Waals surface area contributed by atoms with Crippen LogP contribution in [0.5, 0.6) is 0 Å². The quantitative estimate of drug-likeness (QED) is 0.580. The van der Waals surface area contributed by atoms with E-state index in [1.165, 1.54) is 7.11 Å². The number of unbranched alkanes of at least 4 members (excludes halogenated alkanes) is 2. The van der Waals surface area contributed by atoms with Crippen molar-refractivity contribution < 1.29 is 14.0 Å². The summed E-state index contributed by atoms with van der Waals surface area (Å²) in [4.78, 5) is 10.2. The molecule has 0 heterocycles. The molecule has 4 heteroatoms. The van der Waals surface area contributed by atoms with E-state index in [-0.39, 0.29) is 0 Å². The molecule has 1 atom stereocenters. The number of hydrogen-bond acceptors (Lipinski definition) is 2. The largest absolute Gasteiger partial charge is 0.333 e. The van der Waals surface area contributed by atoms with Crippen LogP contribution in [0.3, 0.4) is 0 Å². The molecular weight excluding hydrogens is 235 g/mol. The Balaban J connectivity index is 5.00. The standard InChI is InChI=1S/C13H29O3P/c1-5-8-11-13(10-7-3,12-9-6-2)17(14,15)16-4/h5-12H2,1-4H3,(H,14,15). The van der Waals surface area contributed by atoms with E-state index in [0.29, 0.717) is 0 Å². The van der Waals surface area contributed by atoms with Gasteiger partial charge in [-0.2, -0.15) is 0 Å². The van der Waals surface area contributed by atoms with Gasteiger partial charge in [0.1, 0.15) is 0 Å². The van der Waals surface area contributed by atoms with E-state index in [9.17, 15) is 9.46 Å². The Morgan fingerprint density at radius 1 is 1.00 bits per heavy atom. The van der Waals surface area contributed by atoms with Crippen LogP contribution in [0, 0.1) is 0 Å². The van der Waals surface area contributed by atoms with Crippen molar-refractivity contribution >= 4 is 7.60 Å². The van der Waals surface area contributed by atoms with Gasteiger partial charge < -0.3 is 9.42 Å². The Kier molecular flexibility index (Phi) is 8.36. The Morgan fingerprint density at radius 2 is 1.47 bits per heavy atom. The summed E-state index contributed by atoms with van der Waals surface area (Å²) in [6.45, 7) is 6.31. The molecule has 1 N–H and O–H groups in total. The maximum Gasteiger partial charge on any atom is 0.333 e. The van der Waals surface area contributed by atoms with Crippen molar-refractivity contribution in [1.29, 1.82) is 0 Å². The highest BCUT2D eigenvalue weighted by Crippen LogP contribution is 2.61. The first kappa shape index (κ1) is 17.2. The van der Waals surface area contributed by atoms with Crippen LogP contribution in [0.15, 0.2) is 0 Å². The summed E-state index contributed by atoms with van der Waals surface area (Å²) in [7, 11) is -2.13.